The molecular formula is C19H15BrN2O4S. The summed E-state index contributed by atoms with van der Waals surface area (Å²) >= 11 is 4.84. The quantitative estimate of drug-likeness (QED) is 0.633. The van der Waals surface area contributed by atoms with Gasteiger partial charge in [0.1, 0.15) is 19.0 Å². The second-order valence-corrected chi connectivity index (χ2v) is 7.41. The normalized spacial score (nSPS) is 12.5. The van der Waals surface area contributed by atoms with E-state index in [0.717, 1.165) is 21.5 Å². The monoisotopic (exact) mass is 446 g/mol. The van der Waals surface area contributed by atoms with Crippen molar-refractivity contribution in [1.82, 2.24) is 4.98 Å². The number of hydrogen-bond donors (Lipinski definition) is 1. The molecule has 3 aromatic rings. The molecule has 6 nitrogen and oxygen atoms in total. The Morgan fingerprint density at radius 1 is 1.19 bits per heavy atom. The van der Waals surface area contributed by atoms with Crippen molar-refractivity contribution >= 4 is 38.3 Å². The van der Waals surface area contributed by atoms with Crippen LogP contribution >= 0.6 is 27.3 Å². The van der Waals surface area contributed by atoms with Crippen molar-refractivity contribution in [3.05, 3.63) is 51.8 Å². The first-order valence-corrected chi connectivity index (χ1v) is 9.82. The fourth-order valence-corrected chi connectivity index (χ4v) is 3.90. The minimum Gasteiger partial charge on any atom is -0.496 e. The molecule has 0 radical (unpaired) electrons. The van der Waals surface area contributed by atoms with Gasteiger partial charge in [-0.1, -0.05) is 0 Å². The number of carbonyl (C=O) groups excluding carboxylic acids is 1. The minimum atomic E-state index is -0.246. The van der Waals surface area contributed by atoms with Crippen LogP contribution in [0.25, 0.3) is 11.3 Å². The summed E-state index contributed by atoms with van der Waals surface area (Å²) in [7, 11) is 1.62. The number of thiazole rings is 1. The number of ether oxygens (including phenoxy) is 3. The maximum absolute atomic E-state index is 12.5. The van der Waals surface area contributed by atoms with Gasteiger partial charge in [-0.3, -0.25) is 10.1 Å². The number of carbonyl (C=O) groups is 1. The Hall–Kier alpha value is -2.58. The van der Waals surface area contributed by atoms with Crippen LogP contribution in [0.2, 0.25) is 0 Å². The smallest absolute Gasteiger partial charge is 0.257 e. The molecule has 138 valence electrons. The molecule has 8 heteroatoms. The van der Waals surface area contributed by atoms with Gasteiger partial charge in [-0.15, -0.1) is 11.3 Å². The van der Waals surface area contributed by atoms with Gasteiger partial charge in [0.25, 0.3) is 5.91 Å². The molecule has 2 heterocycles. The predicted molar refractivity (Wildman–Crippen MR) is 107 cm³/mol. The average Bonchev–Trinajstić information content (AvgIpc) is 3.16. The van der Waals surface area contributed by atoms with Crippen LogP contribution in [0.1, 0.15) is 10.4 Å². The highest BCUT2D eigenvalue weighted by Gasteiger charge is 2.16. The second kappa shape index (κ2) is 7.58. The van der Waals surface area contributed by atoms with E-state index in [1.807, 2.05) is 23.6 Å². The zero-order valence-electron chi connectivity index (χ0n) is 14.3. The van der Waals surface area contributed by atoms with E-state index in [0.29, 0.717) is 35.4 Å². The zero-order chi connectivity index (χ0) is 18.8. The highest BCUT2D eigenvalue weighted by molar-refractivity contribution is 9.10. The standard InChI is InChI=1S/C19H15BrN2O4S/c1-24-15-4-2-11(8-13(15)20)14-10-27-19(21-14)22-18(23)12-3-5-16-17(9-12)26-7-6-25-16/h2-5,8-10H,6-7H2,1H3,(H,21,22,23). The van der Waals surface area contributed by atoms with E-state index in [1.165, 1.54) is 11.3 Å². The van der Waals surface area contributed by atoms with Crippen LogP contribution in [-0.4, -0.2) is 31.2 Å². The zero-order valence-corrected chi connectivity index (χ0v) is 16.7. The summed E-state index contributed by atoms with van der Waals surface area (Å²) in [5, 5.41) is 5.25. The van der Waals surface area contributed by atoms with Crippen LogP contribution in [0.15, 0.2) is 46.3 Å². The van der Waals surface area contributed by atoms with Crippen LogP contribution in [0, 0.1) is 0 Å². The van der Waals surface area contributed by atoms with E-state index in [9.17, 15) is 4.79 Å². The third-order valence-electron chi connectivity index (χ3n) is 3.98. The van der Waals surface area contributed by atoms with Gasteiger partial charge in [-0.05, 0) is 52.3 Å². The van der Waals surface area contributed by atoms with E-state index in [-0.39, 0.29) is 5.91 Å². The Labute approximate surface area is 168 Å². The molecular weight excluding hydrogens is 432 g/mol. The molecule has 0 unspecified atom stereocenters. The number of nitrogens with zero attached hydrogens (tertiary/aromatic N) is 1. The lowest BCUT2D eigenvalue weighted by atomic mass is 10.2. The molecule has 4 rings (SSSR count). The number of benzene rings is 2. The highest BCUT2D eigenvalue weighted by atomic mass is 79.9. The van der Waals surface area contributed by atoms with Crippen LogP contribution < -0.4 is 19.5 Å². The molecule has 1 amide bonds. The Balaban J connectivity index is 1.50. The van der Waals surface area contributed by atoms with Gasteiger partial charge in [0.05, 0.1) is 17.3 Å². The summed E-state index contributed by atoms with van der Waals surface area (Å²) < 4.78 is 17.1. The van der Waals surface area contributed by atoms with Gasteiger partial charge < -0.3 is 14.2 Å². The molecule has 0 saturated heterocycles. The summed E-state index contributed by atoms with van der Waals surface area (Å²) in [5.41, 5.74) is 2.20. The van der Waals surface area contributed by atoms with Gasteiger partial charge in [0, 0.05) is 16.5 Å². The van der Waals surface area contributed by atoms with Gasteiger partial charge >= 0.3 is 0 Å². The number of fused-ring (bicyclic) bond motifs is 1. The average molecular weight is 447 g/mol. The molecule has 0 fully saturated rings. The number of hydrogen-bond acceptors (Lipinski definition) is 6. The third-order valence-corrected chi connectivity index (χ3v) is 5.35. The SMILES string of the molecule is COc1ccc(-c2csc(NC(=O)c3ccc4c(c3)OCCO4)n2)cc1Br. The lowest BCUT2D eigenvalue weighted by Gasteiger charge is -2.18. The number of methoxy groups -OCH3 is 1. The molecule has 0 bridgehead atoms. The summed E-state index contributed by atoms with van der Waals surface area (Å²) in [6.07, 6.45) is 0. The maximum atomic E-state index is 12.5. The van der Waals surface area contributed by atoms with Crippen LogP contribution in [0.4, 0.5) is 5.13 Å². The Kier molecular flexibility index (Phi) is 5.00. The molecule has 1 aliphatic heterocycles. The topological polar surface area (TPSA) is 69.7 Å². The summed E-state index contributed by atoms with van der Waals surface area (Å²) in [4.78, 5) is 17.0. The van der Waals surface area contributed by atoms with Crippen molar-refractivity contribution in [2.24, 2.45) is 0 Å². The van der Waals surface area contributed by atoms with Crippen molar-refractivity contribution in [3.8, 4) is 28.5 Å². The van der Waals surface area contributed by atoms with E-state index in [4.69, 9.17) is 14.2 Å². The number of rotatable bonds is 4. The molecule has 1 N–H and O–H groups in total. The van der Waals surface area contributed by atoms with Crippen LogP contribution in [0.5, 0.6) is 17.2 Å². The van der Waals surface area contributed by atoms with Crippen molar-refractivity contribution in [2.45, 2.75) is 0 Å². The Morgan fingerprint density at radius 2 is 2.00 bits per heavy atom. The number of nitrogens with one attached hydrogen (secondary N) is 1. The third kappa shape index (κ3) is 3.77. The first-order chi connectivity index (χ1) is 13.1. The minimum absolute atomic E-state index is 0.246. The molecule has 2 aromatic carbocycles. The van der Waals surface area contributed by atoms with Crippen molar-refractivity contribution in [2.75, 3.05) is 25.6 Å². The first-order valence-electron chi connectivity index (χ1n) is 8.14. The number of amides is 1. The molecule has 0 saturated carbocycles. The van der Waals surface area contributed by atoms with Gasteiger partial charge in [0.15, 0.2) is 16.6 Å². The summed E-state index contributed by atoms with van der Waals surface area (Å²) in [5.74, 6) is 1.74. The Bertz CT molecular complexity index is 1010. The maximum Gasteiger partial charge on any atom is 0.257 e. The molecule has 0 atom stereocenters. The van der Waals surface area contributed by atoms with E-state index in [2.05, 4.69) is 26.2 Å². The molecule has 0 spiro atoms. The van der Waals surface area contributed by atoms with Crippen molar-refractivity contribution in [3.63, 3.8) is 0 Å². The Morgan fingerprint density at radius 3 is 2.78 bits per heavy atom. The lowest BCUT2D eigenvalue weighted by molar-refractivity contribution is 0.102. The number of halogens is 1. The molecule has 1 aliphatic rings. The molecule has 0 aliphatic carbocycles. The van der Waals surface area contributed by atoms with E-state index >= 15 is 0 Å². The lowest BCUT2D eigenvalue weighted by Crippen LogP contribution is -2.17. The fraction of sp³-hybridized carbons (Fsp3) is 0.158. The van der Waals surface area contributed by atoms with Gasteiger partial charge in [-0.25, -0.2) is 4.98 Å². The second-order valence-electron chi connectivity index (χ2n) is 5.70. The van der Waals surface area contributed by atoms with E-state index in [1.54, 1.807) is 25.3 Å². The largest absolute Gasteiger partial charge is 0.496 e. The highest BCUT2D eigenvalue weighted by Crippen LogP contribution is 2.33. The fourth-order valence-electron chi connectivity index (χ4n) is 2.64. The predicted octanol–water partition coefficient (Wildman–Crippen LogP) is 4.60. The number of aromatic nitrogens is 1. The molecule has 1 aromatic heterocycles. The molecule has 27 heavy (non-hydrogen) atoms. The van der Waals surface area contributed by atoms with Crippen LogP contribution in [0.3, 0.4) is 0 Å². The summed E-state index contributed by atoms with van der Waals surface area (Å²) in [6.45, 7) is 0.993. The van der Waals surface area contributed by atoms with Crippen LogP contribution in [-0.2, 0) is 0 Å². The first kappa shape index (κ1) is 17.8. The van der Waals surface area contributed by atoms with Gasteiger partial charge in [0.2, 0.25) is 0 Å². The number of anilines is 1. The van der Waals surface area contributed by atoms with E-state index < -0.39 is 0 Å². The van der Waals surface area contributed by atoms with Crippen molar-refractivity contribution in [1.29, 1.82) is 0 Å². The van der Waals surface area contributed by atoms with Crippen molar-refractivity contribution < 1.29 is 19.0 Å². The van der Waals surface area contributed by atoms with Gasteiger partial charge in [-0.2, -0.15) is 0 Å². The summed E-state index contributed by atoms with van der Waals surface area (Å²) in [6, 6.07) is 10.8.